The third kappa shape index (κ3) is 3.80. The summed E-state index contributed by atoms with van der Waals surface area (Å²) in [5.41, 5.74) is 3.15. The van der Waals surface area contributed by atoms with Crippen LogP contribution in [-0.4, -0.2) is 45.9 Å². The first-order valence-electron chi connectivity index (χ1n) is 9.20. The molecule has 1 amide bonds. The van der Waals surface area contributed by atoms with Crippen LogP contribution in [-0.2, 0) is 9.53 Å². The maximum Gasteiger partial charge on any atom is 0.307 e. The molecule has 144 valence electrons. The van der Waals surface area contributed by atoms with E-state index in [1.54, 1.807) is 12.4 Å². The third-order valence-electron chi connectivity index (χ3n) is 4.63. The molecule has 28 heavy (non-hydrogen) atoms. The summed E-state index contributed by atoms with van der Waals surface area (Å²) in [6.07, 6.45) is 7.65. The Hall–Kier alpha value is -3.42. The summed E-state index contributed by atoms with van der Waals surface area (Å²) in [7, 11) is 1.36. The number of carbonyl (C=O) groups excluding carboxylic acids is 2. The molecule has 2 N–H and O–H groups in total. The van der Waals surface area contributed by atoms with Crippen molar-refractivity contribution < 1.29 is 14.3 Å². The number of hydrogen-bond donors (Lipinski definition) is 2. The van der Waals surface area contributed by atoms with Crippen molar-refractivity contribution in [3.05, 3.63) is 48.4 Å². The highest BCUT2D eigenvalue weighted by Gasteiger charge is 2.23. The van der Waals surface area contributed by atoms with Crippen LogP contribution in [0.3, 0.4) is 0 Å². The number of nitrogens with zero attached hydrogens (tertiary/aromatic N) is 3. The number of hydrogen-bond acceptors (Lipinski definition) is 6. The van der Waals surface area contributed by atoms with Gasteiger partial charge in [-0.25, -0.2) is 9.97 Å². The van der Waals surface area contributed by atoms with Gasteiger partial charge in [0.2, 0.25) is 0 Å². The number of ether oxygens (including phenoxy) is 1. The van der Waals surface area contributed by atoms with Crippen LogP contribution in [0.5, 0.6) is 0 Å². The molecular weight excluding hydrogens is 358 g/mol. The van der Waals surface area contributed by atoms with Gasteiger partial charge in [0.1, 0.15) is 0 Å². The number of anilines is 1. The number of methoxy groups -OCH3 is 1. The fraction of sp³-hybridized carbons (Fsp3) is 0.300. The number of rotatable bonds is 7. The van der Waals surface area contributed by atoms with Gasteiger partial charge in [0, 0.05) is 36.1 Å². The zero-order valence-electron chi connectivity index (χ0n) is 15.5. The number of esters is 1. The van der Waals surface area contributed by atoms with E-state index in [4.69, 9.17) is 0 Å². The average Bonchev–Trinajstić information content (AvgIpc) is 3.43. The highest BCUT2D eigenvalue weighted by atomic mass is 16.5. The molecule has 2 heterocycles. The summed E-state index contributed by atoms with van der Waals surface area (Å²) in [6, 6.07) is 7.81. The van der Waals surface area contributed by atoms with E-state index >= 15 is 0 Å². The van der Waals surface area contributed by atoms with E-state index < -0.39 is 0 Å². The molecule has 1 aliphatic rings. The number of amides is 1. The summed E-state index contributed by atoms with van der Waals surface area (Å²) in [6.45, 7) is 0.409. The van der Waals surface area contributed by atoms with Gasteiger partial charge in [-0.1, -0.05) is 12.1 Å². The van der Waals surface area contributed by atoms with Gasteiger partial charge in [0.05, 0.1) is 25.4 Å². The number of carbonyl (C=O) groups is 2. The topological polar surface area (TPSA) is 97.6 Å². The van der Waals surface area contributed by atoms with Gasteiger partial charge in [-0.2, -0.15) is 0 Å². The van der Waals surface area contributed by atoms with Crippen molar-refractivity contribution in [2.75, 3.05) is 19.0 Å². The Morgan fingerprint density at radius 2 is 2.00 bits per heavy atom. The van der Waals surface area contributed by atoms with Crippen molar-refractivity contribution >= 4 is 23.3 Å². The molecular formula is C20H21N5O3. The van der Waals surface area contributed by atoms with E-state index in [1.807, 2.05) is 34.9 Å². The molecule has 0 unspecified atom stereocenters. The molecule has 0 spiro atoms. The van der Waals surface area contributed by atoms with Gasteiger partial charge in [-0.05, 0) is 25.0 Å². The maximum absolute atomic E-state index is 12.1. The van der Waals surface area contributed by atoms with Gasteiger partial charge in [0.15, 0.2) is 11.5 Å². The minimum atomic E-state index is -0.283. The first-order chi connectivity index (χ1) is 13.7. The second-order valence-corrected chi connectivity index (χ2v) is 6.69. The number of benzene rings is 1. The molecule has 3 aromatic rings. The first kappa shape index (κ1) is 18.0. The molecule has 0 bridgehead atoms. The van der Waals surface area contributed by atoms with Crippen molar-refractivity contribution in [1.29, 1.82) is 0 Å². The van der Waals surface area contributed by atoms with Crippen molar-refractivity contribution in [2.24, 2.45) is 0 Å². The molecule has 8 nitrogen and oxygen atoms in total. The lowest BCUT2D eigenvalue weighted by Gasteiger charge is -2.08. The minimum absolute atomic E-state index is 0.0338. The highest BCUT2D eigenvalue weighted by Crippen LogP contribution is 2.24. The highest BCUT2D eigenvalue weighted by molar-refractivity contribution is 5.95. The number of fused-ring (bicyclic) bond motifs is 1. The molecule has 2 aromatic heterocycles. The van der Waals surface area contributed by atoms with Crippen LogP contribution in [0.4, 0.5) is 5.82 Å². The molecule has 1 aliphatic carbocycles. The predicted molar refractivity (Wildman–Crippen MR) is 104 cm³/mol. The molecule has 4 rings (SSSR count). The van der Waals surface area contributed by atoms with Crippen LogP contribution in [0, 0.1) is 0 Å². The molecule has 1 saturated carbocycles. The van der Waals surface area contributed by atoms with Crippen LogP contribution in [0.15, 0.2) is 42.9 Å². The fourth-order valence-corrected chi connectivity index (χ4v) is 2.93. The molecule has 0 radical (unpaired) electrons. The van der Waals surface area contributed by atoms with Gasteiger partial charge >= 0.3 is 5.97 Å². The quantitative estimate of drug-likeness (QED) is 0.611. The van der Waals surface area contributed by atoms with E-state index in [-0.39, 0.29) is 18.3 Å². The lowest BCUT2D eigenvalue weighted by molar-refractivity contribution is -0.140. The van der Waals surface area contributed by atoms with E-state index in [1.165, 1.54) is 7.11 Å². The zero-order chi connectivity index (χ0) is 19.5. The van der Waals surface area contributed by atoms with Crippen LogP contribution in [0.1, 0.15) is 29.6 Å². The second kappa shape index (κ2) is 7.67. The molecule has 0 aliphatic heterocycles. The largest absolute Gasteiger partial charge is 0.469 e. The van der Waals surface area contributed by atoms with Crippen LogP contribution < -0.4 is 10.6 Å². The number of nitrogens with one attached hydrogen (secondary N) is 2. The Morgan fingerprint density at radius 1 is 1.21 bits per heavy atom. The smallest absolute Gasteiger partial charge is 0.307 e. The van der Waals surface area contributed by atoms with Crippen molar-refractivity contribution in [2.45, 2.75) is 25.3 Å². The second-order valence-electron chi connectivity index (χ2n) is 6.69. The van der Waals surface area contributed by atoms with E-state index in [0.29, 0.717) is 29.6 Å². The summed E-state index contributed by atoms with van der Waals surface area (Å²) < 4.78 is 6.56. The first-order valence-corrected chi connectivity index (χ1v) is 9.20. The molecule has 0 atom stereocenters. The van der Waals surface area contributed by atoms with Crippen molar-refractivity contribution in [3.8, 4) is 11.3 Å². The monoisotopic (exact) mass is 379 g/mol. The Kier molecular flexibility index (Phi) is 4.92. The normalized spacial score (nSPS) is 13.3. The summed E-state index contributed by atoms with van der Waals surface area (Å²) in [4.78, 5) is 32.2. The van der Waals surface area contributed by atoms with Gasteiger partial charge < -0.3 is 15.4 Å². The molecule has 0 saturated heterocycles. The average molecular weight is 379 g/mol. The number of aromatic nitrogens is 3. The Labute approximate surface area is 161 Å². The number of imidazole rings is 1. The standard InChI is InChI=1S/C20H21N5O3/c1-28-17(26)8-9-21-18-19-23-12-16(25(19)11-10-22-18)13-2-4-14(5-3-13)20(27)24-15-6-7-15/h2-5,10-12,15H,6-9H2,1H3,(H,21,22)(H,24,27). The predicted octanol–water partition coefficient (Wildman–Crippen LogP) is 2.26. The van der Waals surface area contributed by atoms with E-state index in [9.17, 15) is 9.59 Å². The molecule has 1 aromatic carbocycles. The maximum atomic E-state index is 12.1. The Morgan fingerprint density at radius 3 is 2.71 bits per heavy atom. The van der Waals surface area contributed by atoms with Gasteiger partial charge in [-0.3, -0.25) is 14.0 Å². The fourth-order valence-electron chi connectivity index (χ4n) is 2.93. The lowest BCUT2D eigenvalue weighted by Crippen LogP contribution is -2.25. The van der Waals surface area contributed by atoms with E-state index in [0.717, 1.165) is 24.1 Å². The van der Waals surface area contributed by atoms with Crippen LogP contribution >= 0.6 is 0 Å². The summed E-state index contributed by atoms with van der Waals surface area (Å²) in [5, 5.41) is 6.10. The lowest BCUT2D eigenvalue weighted by atomic mass is 10.1. The van der Waals surface area contributed by atoms with Crippen molar-refractivity contribution in [3.63, 3.8) is 0 Å². The van der Waals surface area contributed by atoms with Gasteiger partial charge in [0.25, 0.3) is 5.91 Å². The van der Waals surface area contributed by atoms with Gasteiger partial charge in [-0.15, -0.1) is 0 Å². The molecule has 1 fully saturated rings. The summed E-state index contributed by atoms with van der Waals surface area (Å²) >= 11 is 0. The van der Waals surface area contributed by atoms with Crippen LogP contribution in [0.25, 0.3) is 16.9 Å². The van der Waals surface area contributed by atoms with Crippen LogP contribution in [0.2, 0.25) is 0 Å². The Balaban J connectivity index is 1.53. The Bertz CT molecular complexity index is 1010. The molecule has 8 heteroatoms. The summed E-state index contributed by atoms with van der Waals surface area (Å²) in [5.74, 6) is 0.279. The minimum Gasteiger partial charge on any atom is -0.469 e. The van der Waals surface area contributed by atoms with E-state index in [2.05, 4.69) is 25.3 Å². The van der Waals surface area contributed by atoms with Crippen molar-refractivity contribution in [1.82, 2.24) is 19.7 Å². The third-order valence-corrected chi connectivity index (χ3v) is 4.63. The zero-order valence-corrected chi connectivity index (χ0v) is 15.5. The SMILES string of the molecule is COC(=O)CCNc1nccn2c(-c3ccc(C(=O)NC4CC4)cc3)cnc12.